The van der Waals surface area contributed by atoms with Crippen LogP contribution in [0.1, 0.15) is 89.7 Å². The van der Waals surface area contributed by atoms with Crippen LogP contribution in [0.4, 0.5) is 0 Å². The molecule has 2 aliphatic heterocycles. The van der Waals surface area contributed by atoms with Crippen LogP contribution in [0.25, 0.3) is 0 Å². The first kappa shape index (κ1) is 27.0. The lowest BCUT2D eigenvalue weighted by atomic mass is 9.85. The second kappa shape index (κ2) is 9.70. The normalized spacial score (nSPS) is 20.2. The van der Waals surface area contributed by atoms with Crippen LogP contribution in [-0.2, 0) is 20.3 Å². The highest BCUT2D eigenvalue weighted by atomic mass is 16.5. The predicted octanol–water partition coefficient (Wildman–Crippen LogP) is 6.96. The van der Waals surface area contributed by atoms with E-state index in [1.54, 1.807) is 14.2 Å². The Morgan fingerprint density at radius 1 is 0.649 bits per heavy atom. The van der Waals surface area contributed by atoms with Gasteiger partial charge in [-0.05, 0) is 60.1 Å². The van der Waals surface area contributed by atoms with Crippen molar-refractivity contribution >= 4 is 11.8 Å². The first-order valence-corrected chi connectivity index (χ1v) is 13.0. The first-order chi connectivity index (χ1) is 17.3. The van der Waals surface area contributed by atoms with Gasteiger partial charge in [0.15, 0.2) is 11.8 Å². The van der Waals surface area contributed by atoms with Gasteiger partial charge in [-0.3, -0.25) is 0 Å². The third-order valence-corrected chi connectivity index (χ3v) is 7.28. The molecule has 0 fully saturated rings. The van der Waals surface area contributed by atoms with Crippen LogP contribution in [0.5, 0.6) is 11.5 Å². The lowest BCUT2D eigenvalue weighted by Gasteiger charge is -2.22. The quantitative estimate of drug-likeness (QED) is 0.425. The van der Waals surface area contributed by atoms with Gasteiger partial charge >= 0.3 is 0 Å². The summed E-state index contributed by atoms with van der Waals surface area (Å²) in [4.78, 5) is 10.0. The van der Waals surface area contributed by atoms with E-state index in [1.165, 1.54) is 11.1 Å². The SMILES string of the molecule is COc1ccc(C(C)(C)C)cc1[C@H]1COC(C(C)(C)C2=N[C@@H](c3cc(C(C)(C)C)ccc3OC)CO2)=N1. The van der Waals surface area contributed by atoms with Crippen LogP contribution in [0, 0.1) is 5.41 Å². The summed E-state index contributed by atoms with van der Waals surface area (Å²) in [6.45, 7) is 18.3. The van der Waals surface area contributed by atoms with E-state index in [0.29, 0.717) is 25.0 Å². The monoisotopic (exact) mass is 506 g/mol. The molecule has 0 radical (unpaired) electrons. The van der Waals surface area contributed by atoms with Gasteiger partial charge in [-0.2, -0.15) is 0 Å². The molecular weight excluding hydrogens is 464 g/mol. The summed E-state index contributed by atoms with van der Waals surface area (Å²) in [6.07, 6.45) is 0. The number of hydrogen-bond donors (Lipinski definition) is 0. The molecule has 200 valence electrons. The molecule has 2 heterocycles. The zero-order chi connectivity index (χ0) is 27.2. The molecule has 4 rings (SSSR count). The molecule has 2 aromatic carbocycles. The Labute approximate surface area is 222 Å². The number of benzene rings is 2. The molecule has 2 aromatic rings. The van der Waals surface area contributed by atoms with E-state index in [0.717, 1.165) is 22.6 Å². The molecule has 0 N–H and O–H groups in total. The number of aliphatic imine (C=N–C) groups is 2. The molecule has 0 saturated carbocycles. The zero-order valence-corrected chi connectivity index (χ0v) is 24.1. The van der Waals surface area contributed by atoms with Crippen molar-refractivity contribution in [3.05, 3.63) is 58.7 Å². The summed E-state index contributed by atoms with van der Waals surface area (Å²) in [7, 11) is 3.40. The highest BCUT2D eigenvalue weighted by molar-refractivity contribution is 6.05. The fourth-order valence-electron chi connectivity index (χ4n) is 4.76. The van der Waals surface area contributed by atoms with Gasteiger partial charge < -0.3 is 18.9 Å². The summed E-state index contributed by atoms with van der Waals surface area (Å²) < 4.78 is 23.7. The van der Waals surface area contributed by atoms with Gasteiger partial charge in [-0.15, -0.1) is 0 Å². The molecule has 6 heteroatoms. The van der Waals surface area contributed by atoms with Crippen LogP contribution in [0.3, 0.4) is 0 Å². The van der Waals surface area contributed by atoms with Crippen LogP contribution < -0.4 is 9.47 Å². The summed E-state index contributed by atoms with van der Waals surface area (Å²) >= 11 is 0. The van der Waals surface area contributed by atoms with Crippen molar-refractivity contribution < 1.29 is 18.9 Å². The highest BCUT2D eigenvalue weighted by Gasteiger charge is 2.42. The number of nitrogens with zero attached hydrogens (tertiary/aromatic N) is 2. The van der Waals surface area contributed by atoms with E-state index in [9.17, 15) is 0 Å². The number of hydrogen-bond acceptors (Lipinski definition) is 6. The minimum Gasteiger partial charge on any atom is -0.496 e. The molecule has 2 aliphatic rings. The second-order valence-corrected chi connectivity index (χ2v) is 12.6. The minimum atomic E-state index is -0.604. The number of methoxy groups -OCH3 is 2. The molecule has 0 amide bonds. The Morgan fingerprint density at radius 3 is 1.35 bits per heavy atom. The van der Waals surface area contributed by atoms with Gasteiger partial charge in [-0.25, -0.2) is 9.98 Å². The molecule has 0 aromatic heterocycles. The average Bonchev–Trinajstić information content (AvgIpc) is 3.53. The first-order valence-electron chi connectivity index (χ1n) is 13.0. The second-order valence-electron chi connectivity index (χ2n) is 12.6. The molecule has 0 bridgehead atoms. The Hall–Kier alpha value is -3.02. The van der Waals surface area contributed by atoms with Crippen LogP contribution in [0.15, 0.2) is 46.4 Å². The molecule has 0 aliphatic carbocycles. The van der Waals surface area contributed by atoms with Gasteiger partial charge in [0.2, 0.25) is 0 Å². The van der Waals surface area contributed by atoms with Crippen molar-refractivity contribution in [3.63, 3.8) is 0 Å². The highest BCUT2D eigenvalue weighted by Crippen LogP contribution is 2.41. The van der Waals surface area contributed by atoms with Crippen molar-refractivity contribution in [2.45, 2.75) is 78.3 Å². The van der Waals surface area contributed by atoms with Crippen molar-refractivity contribution in [1.82, 2.24) is 0 Å². The third-order valence-electron chi connectivity index (χ3n) is 7.28. The van der Waals surface area contributed by atoms with Crippen molar-refractivity contribution in [1.29, 1.82) is 0 Å². The summed E-state index contributed by atoms with van der Waals surface area (Å²) in [5.74, 6) is 2.92. The van der Waals surface area contributed by atoms with E-state index < -0.39 is 5.41 Å². The fourth-order valence-corrected chi connectivity index (χ4v) is 4.76. The van der Waals surface area contributed by atoms with E-state index in [2.05, 4.69) is 79.7 Å². The minimum absolute atomic E-state index is 0.0269. The smallest absolute Gasteiger partial charge is 0.199 e. The average molecular weight is 507 g/mol. The lowest BCUT2D eigenvalue weighted by Crippen LogP contribution is -2.34. The maximum Gasteiger partial charge on any atom is 0.199 e. The standard InChI is InChI=1S/C31H42N2O4/c1-29(2,3)19-11-13-25(34-9)21(15-19)23-17-36-27(32-23)31(7,8)28-33-24(18-37-28)22-16-20(30(4,5)6)12-14-26(22)35-10/h11-16,23-24H,17-18H2,1-10H3/t23-,24-/m1/s1. The lowest BCUT2D eigenvalue weighted by molar-refractivity contribution is 0.263. The predicted molar refractivity (Wildman–Crippen MR) is 149 cm³/mol. The van der Waals surface area contributed by atoms with Crippen LogP contribution >= 0.6 is 0 Å². The Bertz CT molecular complexity index is 1120. The topological polar surface area (TPSA) is 61.6 Å². The summed E-state index contributed by atoms with van der Waals surface area (Å²) in [5, 5.41) is 0. The molecule has 37 heavy (non-hydrogen) atoms. The Kier molecular flexibility index (Phi) is 7.08. The Balaban J connectivity index is 1.64. The zero-order valence-electron chi connectivity index (χ0n) is 24.1. The summed E-state index contributed by atoms with van der Waals surface area (Å²) in [5.41, 5.74) is 4.01. The van der Waals surface area contributed by atoms with Crippen molar-refractivity contribution in [2.24, 2.45) is 15.4 Å². The van der Waals surface area contributed by atoms with Crippen LogP contribution in [0.2, 0.25) is 0 Å². The molecular formula is C31H42N2O4. The van der Waals surface area contributed by atoms with Gasteiger partial charge in [0.25, 0.3) is 0 Å². The molecule has 0 saturated heterocycles. The molecule has 0 spiro atoms. The number of rotatable bonds is 6. The van der Waals surface area contributed by atoms with E-state index in [1.807, 2.05) is 12.1 Å². The third kappa shape index (κ3) is 5.34. The number of ether oxygens (including phenoxy) is 4. The van der Waals surface area contributed by atoms with Gasteiger partial charge in [-0.1, -0.05) is 53.7 Å². The van der Waals surface area contributed by atoms with E-state index in [-0.39, 0.29) is 22.9 Å². The maximum atomic E-state index is 6.18. The van der Waals surface area contributed by atoms with Gasteiger partial charge in [0.05, 0.1) is 14.2 Å². The maximum absolute atomic E-state index is 6.18. The molecule has 0 unspecified atom stereocenters. The van der Waals surface area contributed by atoms with E-state index >= 15 is 0 Å². The van der Waals surface area contributed by atoms with E-state index in [4.69, 9.17) is 28.9 Å². The van der Waals surface area contributed by atoms with Crippen LogP contribution in [-0.4, -0.2) is 39.2 Å². The van der Waals surface area contributed by atoms with Gasteiger partial charge in [0, 0.05) is 11.1 Å². The van der Waals surface area contributed by atoms with Crippen molar-refractivity contribution in [3.8, 4) is 11.5 Å². The largest absolute Gasteiger partial charge is 0.496 e. The van der Waals surface area contributed by atoms with Gasteiger partial charge in [0.1, 0.15) is 42.2 Å². The van der Waals surface area contributed by atoms with Crippen molar-refractivity contribution in [2.75, 3.05) is 27.4 Å². The molecule has 6 nitrogen and oxygen atoms in total. The fraction of sp³-hybridized carbons (Fsp3) is 0.548. The Morgan fingerprint density at radius 2 is 1.03 bits per heavy atom. The molecule has 2 atom stereocenters. The summed E-state index contributed by atoms with van der Waals surface area (Å²) in [6, 6.07) is 12.4.